The van der Waals surface area contributed by atoms with E-state index in [9.17, 15) is 5.11 Å². The molecule has 4 atom stereocenters. The van der Waals surface area contributed by atoms with E-state index >= 15 is 0 Å². The van der Waals surface area contributed by atoms with Crippen LogP contribution in [0.4, 0.5) is 0 Å². The van der Waals surface area contributed by atoms with Crippen molar-refractivity contribution >= 4 is 8.56 Å². The Hall–Kier alpha value is -0.183. The van der Waals surface area contributed by atoms with Gasteiger partial charge < -0.3 is 47.5 Å². The first kappa shape index (κ1) is 33.0. The molecule has 37 heavy (non-hydrogen) atoms. The van der Waals surface area contributed by atoms with Gasteiger partial charge in [-0.3, -0.25) is 0 Å². The Morgan fingerprint density at radius 3 is 2.03 bits per heavy atom. The molecule has 11 heteroatoms. The highest BCUT2D eigenvalue weighted by Crippen LogP contribution is 2.27. The van der Waals surface area contributed by atoms with E-state index in [0.29, 0.717) is 72.7 Å². The molecule has 0 bridgehead atoms. The third-order valence-electron chi connectivity index (χ3n) is 6.52. The largest absolute Gasteiger partial charge is 0.394 e. The Kier molecular flexibility index (Phi) is 18.5. The monoisotopic (exact) mass is 552 g/mol. The normalized spacial score (nSPS) is 29.8. The average molecular weight is 553 g/mol. The summed E-state index contributed by atoms with van der Waals surface area (Å²) >= 11 is 0. The molecular weight excluding hydrogens is 500 g/mol. The molecule has 3 fully saturated rings. The Morgan fingerprint density at radius 1 is 0.703 bits per heavy atom. The number of fused-ring (bicyclic) bond motifs is 1. The van der Waals surface area contributed by atoms with E-state index in [2.05, 4.69) is 13.1 Å². The van der Waals surface area contributed by atoms with Crippen molar-refractivity contribution in [3.8, 4) is 0 Å². The lowest BCUT2D eigenvalue weighted by atomic mass is 9.95. The van der Waals surface area contributed by atoms with Crippen LogP contribution in [0.5, 0.6) is 0 Å². The molecule has 0 aromatic carbocycles. The SMILES string of the molecule is C[Si]1(C)OCCOCCOCCOC2CCCCC2O1.OCCOCCOCCOC1CCCCC1O. The minimum atomic E-state index is -2.09. The van der Waals surface area contributed by atoms with E-state index in [1.165, 1.54) is 12.8 Å². The molecule has 1 saturated heterocycles. The molecule has 0 radical (unpaired) electrons. The zero-order valence-electron chi connectivity index (χ0n) is 23.1. The number of rotatable bonds is 9. The summed E-state index contributed by atoms with van der Waals surface area (Å²) in [6.07, 6.45) is 8.67. The summed E-state index contributed by atoms with van der Waals surface area (Å²) in [6.45, 7) is 10.3. The predicted molar refractivity (Wildman–Crippen MR) is 141 cm³/mol. The molecule has 0 aromatic heterocycles. The van der Waals surface area contributed by atoms with Gasteiger partial charge in [-0.05, 0) is 38.8 Å². The fourth-order valence-electron chi connectivity index (χ4n) is 4.63. The molecule has 4 unspecified atom stereocenters. The number of hydrogen-bond donors (Lipinski definition) is 2. The minimum absolute atomic E-state index is 0.0158. The van der Waals surface area contributed by atoms with Crippen LogP contribution in [0.2, 0.25) is 13.1 Å². The molecule has 0 amide bonds. The third kappa shape index (κ3) is 15.9. The van der Waals surface area contributed by atoms with E-state index in [4.69, 9.17) is 42.4 Å². The second-order valence-electron chi connectivity index (χ2n) is 10.0. The standard InChI is InChI=1S/C14H28O5Si.C12H24O5/c1-20(2)18-12-10-16-8-7-15-9-11-17-13-5-3-4-6-14(13)19-20;13-5-6-15-7-8-16-9-10-17-12-4-2-1-3-11(12)14/h13-14H,3-12H2,1-2H3;11-14H,1-10H2. The van der Waals surface area contributed by atoms with Crippen LogP contribution in [0.1, 0.15) is 51.4 Å². The molecule has 3 aliphatic rings. The minimum Gasteiger partial charge on any atom is -0.394 e. The van der Waals surface area contributed by atoms with Gasteiger partial charge in [-0.1, -0.05) is 25.7 Å². The van der Waals surface area contributed by atoms with Crippen molar-refractivity contribution in [2.75, 3.05) is 79.3 Å². The lowest BCUT2D eigenvalue weighted by Crippen LogP contribution is -2.46. The van der Waals surface area contributed by atoms with Crippen molar-refractivity contribution in [2.45, 2.75) is 88.9 Å². The van der Waals surface area contributed by atoms with Crippen LogP contribution >= 0.6 is 0 Å². The van der Waals surface area contributed by atoms with Crippen LogP contribution in [0.15, 0.2) is 0 Å². The molecule has 3 rings (SSSR count). The van der Waals surface area contributed by atoms with Crippen LogP contribution in [-0.4, -0.2) is 122 Å². The molecule has 220 valence electrons. The maximum Gasteiger partial charge on any atom is 0.332 e. The van der Waals surface area contributed by atoms with Gasteiger partial charge in [0, 0.05) is 0 Å². The molecular formula is C26H52O10Si. The van der Waals surface area contributed by atoms with Gasteiger partial charge in [0.25, 0.3) is 0 Å². The molecule has 0 spiro atoms. The highest BCUT2D eigenvalue weighted by Gasteiger charge is 2.35. The Labute approximate surface area is 224 Å². The van der Waals surface area contributed by atoms with Crippen molar-refractivity contribution in [1.82, 2.24) is 0 Å². The topological polar surface area (TPSA) is 114 Å². The number of ether oxygens (including phenoxy) is 6. The van der Waals surface area contributed by atoms with Crippen LogP contribution in [0.3, 0.4) is 0 Å². The Balaban J connectivity index is 0.000000264. The van der Waals surface area contributed by atoms with Gasteiger partial charge in [0.05, 0.1) is 104 Å². The highest BCUT2D eigenvalue weighted by atomic mass is 28.4. The van der Waals surface area contributed by atoms with Crippen molar-refractivity contribution in [3.63, 3.8) is 0 Å². The summed E-state index contributed by atoms with van der Waals surface area (Å²) in [7, 11) is -2.09. The number of aliphatic hydroxyl groups is 2. The van der Waals surface area contributed by atoms with E-state index in [1.807, 2.05) is 0 Å². The molecule has 2 aliphatic carbocycles. The Morgan fingerprint density at radius 2 is 1.30 bits per heavy atom. The highest BCUT2D eigenvalue weighted by molar-refractivity contribution is 6.64. The Bertz CT molecular complexity index is 541. The molecule has 0 aromatic rings. The fourth-order valence-corrected chi connectivity index (χ4v) is 6.27. The summed E-state index contributed by atoms with van der Waals surface area (Å²) in [4.78, 5) is 0. The first-order valence-electron chi connectivity index (χ1n) is 14.2. The lowest BCUT2D eigenvalue weighted by Gasteiger charge is -2.36. The second kappa shape index (κ2) is 20.7. The van der Waals surface area contributed by atoms with Gasteiger partial charge in [-0.25, -0.2) is 0 Å². The van der Waals surface area contributed by atoms with Crippen LogP contribution in [0, 0.1) is 0 Å². The quantitative estimate of drug-likeness (QED) is 0.326. The summed E-state index contributed by atoms with van der Waals surface area (Å²) in [5.74, 6) is 0. The maximum atomic E-state index is 9.66. The van der Waals surface area contributed by atoms with Gasteiger partial charge in [-0.15, -0.1) is 0 Å². The van der Waals surface area contributed by atoms with Crippen molar-refractivity contribution in [2.24, 2.45) is 0 Å². The zero-order chi connectivity index (χ0) is 26.6. The van der Waals surface area contributed by atoms with E-state index < -0.39 is 8.56 Å². The van der Waals surface area contributed by atoms with Crippen LogP contribution < -0.4 is 0 Å². The zero-order valence-corrected chi connectivity index (χ0v) is 24.1. The smallest absolute Gasteiger partial charge is 0.332 e. The van der Waals surface area contributed by atoms with E-state index in [-0.39, 0.29) is 31.0 Å². The van der Waals surface area contributed by atoms with Gasteiger partial charge in [0.2, 0.25) is 0 Å². The number of aliphatic hydroxyl groups excluding tert-OH is 2. The molecule has 2 saturated carbocycles. The van der Waals surface area contributed by atoms with Gasteiger partial charge in [0.1, 0.15) is 0 Å². The van der Waals surface area contributed by atoms with Crippen molar-refractivity contribution < 1.29 is 47.5 Å². The molecule has 10 nitrogen and oxygen atoms in total. The third-order valence-corrected chi connectivity index (χ3v) is 8.29. The summed E-state index contributed by atoms with van der Waals surface area (Å²) in [5.41, 5.74) is 0. The number of hydrogen-bond acceptors (Lipinski definition) is 10. The average Bonchev–Trinajstić information content (AvgIpc) is 2.88. The predicted octanol–water partition coefficient (Wildman–Crippen LogP) is 2.43. The van der Waals surface area contributed by atoms with Gasteiger partial charge in [-0.2, -0.15) is 0 Å². The first-order chi connectivity index (χ1) is 18.0. The fraction of sp³-hybridized carbons (Fsp3) is 1.00. The van der Waals surface area contributed by atoms with Crippen LogP contribution in [0.25, 0.3) is 0 Å². The summed E-state index contributed by atoms with van der Waals surface area (Å²) in [6, 6.07) is 0. The molecule has 1 heterocycles. The summed E-state index contributed by atoms with van der Waals surface area (Å²) < 4.78 is 45.0. The second-order valence-corrected chi connectivity index (χ2v) is 13.4. The summed E-state index contributed by atoms with van der Waals surface area (Å²) in [5, 5.41) is 18.1. The molecule has 1 aliphatic heterocycles. The van der Waals surface area contributed by atoms with Gasteiger partial charge in [0.15, 0.2) is 0 Å². The van der Waals surface area contributed by atoms with E-state index in [0.717, 1.165) is 38.5 Å². The molecule has 2 N–H and O–H groups in total. The van der Waals surface area contributed by atoms with Crippen molar-refractivity contribution in [3.05, 3.63) is 0 Å². The van der Waals surface area contributed by atoms with E-state index in [1.54, 1.807) is 0 Å². The maximum absolute atomic E-state index is 9.66. The van der Waals surface area contributed by atoms with Crippen LogP contribution in [-0.2, 0) is 37.3 Å². The first-order valence-corrected chi connectivity index (χ1v) is 17.0. The lowest BCUT2D eigenvalue weighted by molar-refractivity contribution is -0.0818. The van der Waals surface area contributed by atoms with Crippen molar-refractivity contribution in [1.29, 1.82) is 0 Å². The van der Waals surface area contributed by atoms with Gasteiger partial charge >= 0.3 is 8.56 Å².